The Morgan fingerprint density at radius 3 is 2.86 bits per heavy atom. The highest BCUT2D eigenvalue weighted by molar-refractivity contribution is 5.06. The van der Waals surface area contributed by atoms with Gasteiger partial charge in [-0.05, 0) is 26.0 Å². The molecule has 0 aliphatic rings. The first-order valence-corrected chi connectivity index (χ1v) is 4.51. The SMILES string of the molecule is CC(C)(O)CNCc1ncccc1F. The lowest BCUT2D eigenvalue weighted by molar-refractivity contribution is 0.0793. The summed E-state index contributed by atoms with van der Waals surface area (Å²) in [5.74, 6) is -0.323. The molecule has 0 spiro atoms. The molecule has 4 heteroatoms. The van der Waals surface area contributed by atoms with Gasteiger partial charge in [0.15, 0.2) is 0 Å². The average molecular weight is 198 g/mol. The molecule has 0 saturated heterocycles. The van der Waals surface area contributed by atoms with Crippen LogP contribution in [0.2, 0.25) is 0 Å². The van der Waals surface area contributed by atoms with Crippen molar-refractivity contribution in [3.05, 3.63) is 29.8 Å². The second-order valence-electron chi connectivity index (χ2n) is 3.85. The van der Waals surface area contributed by atoms with Crippen LogP contribution >= 0.6 is 0 Å². The van der Waals surface area contributed by atoms with E-state index in [0.717, 1.165) is 0 Å². The Labute approximate surface area is 83.0 Å². The Balaban J connectivity index is 2.43. The normalized spacial score (nSPS) is 11.7. The number of aromatic nitrogens is 1. The summed E-state index contributed by atoms with van der Waals surface area (Å²) in [6.07, 6.45) is 1.55. The van der Waals surface area contributed by atoms with Crippen LogP contribution in [0.1, 0.15) is 19.5 Å². The largest absolute Gasteiger partial charge is 0.389 e. The predicted octanol–water partition coefficient (Wildman–Crippen LogP) is 1.08. The predicted molar refractivity (Wildman–Crippen MR) is 52.2 cm³/mol. The molecule has 1 heterocycles. The maximum atomic E-state index is 13.0. The third-order valence-electron chi connectivity index (χ3n) is 1.68. The highest BCUT2D eigenvalue weighted by atomic mass is 19.1. The number of hydrogen-bond donors (Lipinski definition) is 2. The van der Waals surface area contributed by atoms with Gasteiger partial charge in [0, 0.05) is 19.3 Å². The van der Waals surface area contributed by atoms with E-state index in [1.807, 2.05) is 0 Å². The highest BCUT2D eigenvalue weighted by Gasteiger charge is 2.11. The van der Waals surface area contributed by atoms with Crippen LogP contribution in [-0.4, -0.2) is 22.2 Å². The van der Waals surface area contributed by atoms with Crippen LogP contribution in [0.15, 0.2) is 18.3 Å². The Kier molecular flexibility index (Phi) is 3.55. The lowest BCUT2D eigenvalue weighted by Crippen LogP contribution is -2.34. The summed E-state index contributed by atoms with van der Waals surface area (Å²) in [5, 5.41) is 12.3. The molecule has 0 unspecified atom stereocenters. The van der Waals surface area contributed by atoms with Crippen LogP contribution in [0, 0.1) is 5.82 Å². The Morgan fingerprint density at radius 1 is 1.57 bits per heavy atom. The number of rotatable bonds is 4. The van der Waals surface area contributed by atoms with Gasteiger partial charge >= 0.3 is 0 Å². The van der Waals surface area contributed by atoms with E-state index in [1.54, 1.807) is 26.1 Å². The Hall–Kier alpha value is -1.00. The molecule has 1 aromatic rings. The van der Waals surface area contributed by atoms with Gasteiger partial charge in [-0.15, -0.1) is 0 Å². The number of halogens is 1. The van der Waals surface area contributed by atoms with Gasteiger partial charge in [0.2, 0.25) is 0 Å². The maximum absolute atomic E-state index is 13.0. The van der Waals surface area contributed by atoms with Crippen LogP contribution in [-0.2, 0) is 6.54 Å². The number of nitrogens with one attached hydrogen (secondary N) is 1. The summed E-state index contributed by atoms with van der Waals surface area (Å²) in [5.41, 5.74) is -0.414. The lowest BCUT2D eigenvalue weighted by Gasteiger charge is -2.17. The molecule has 0 aromatic carbocycles. The number of pyridine rings is 1. The van der Waals surface area contributed by atoms with Crippen LogP contribution in [0.3, 0.4) is 0 Å². The van der Waals surface area contributed by atoms with E-state index in [1.165, 1.54) is 6.07 Å². The van der Waals surface area contributed by atoms with Gasteiger partial charge in [0.25, 0.3) is 0 Å². The molecule has 0 radical (unpaired) electrons. The Bertz CT molecular complexity index is 296. The van der Waals surface area contributed by atoms with Crippen molar-refractivity contribution < 1.29 is 9.50 Å². The van der Waals surface area contributed by atoms with E-state index in [9.17, 15) is 9.50 Å². The topological polar surface area (TPSA) is 45.1 Å². The summed E-state index contributed by atoms with van der Waals surface area (Å²) < 4.78 is 13.0. The molecular weight excluding hydrogens is 183 g/mol. The number of nitrogens with zero attached hydrogens (tertiary/aromatic N) is 1. The molecule has 1 aromatic heterocycles. The third-order valence-corrected chi connectivity index (χ3v) is 1.68. The minimum atomic E-state index is -0.786. The molecule has 0 fully saturated rings. The van der Waals surface area contributed by atoms with Crippen molar-refractivity contribution in [3.8, 4) is 0 Å². The minimum absolute atomic E-state index is 0.323. The average Bonchev–Trinajstić information content (AvgIpc) is 2.06. The van der Waals surface area contributed by atoms with Crippen molar-refractivity contribution in [2.75, 3.05) is 6.54 Å². The molecule has 0 aliphatic heterocycles. The summed E-state index contributed by atoms with van der Waals surface area (Å²) in [6.45, 7) is 4.11. The van der Waals surface area contributed by atoms with E-state index in [4.69, 9.17) is 0 Å². The van der Waals surface area contributed by atoms with Gasteiger partial charge < -0.3 is 10.4 Å². The highest BCUT2D eigenvalue weighted by Crippen LogP contribution is 2.03. The van der Waals surface area contributed by atoms with Crippen LogP contribution in [0.4, 0.5) is 4.39 Å². The van der Waals surface area contributed by atoms with Crippen molar-refractivity contribution in [3.63, 3.8) is 0 Å². The number of hydrogen-bond acceptors (Lipinski definition) is 3. The maximum Gasteiger partial charge on any atom is 0.146 e. The van der Waals surface area contributed by atoms with E-state index in [-0.39, 0.29) is 5.82 Å². The van der Waals surface area contributed by atoms with E-state index in [2.05, 4.69) is 10.3 Å². The molecule has 14 heavy (non-hydrogen) atoms. The second-order valence-corrected chi connectivity index (χ2v) is 3.85. The van der Waals surface area contributed by atoms with E-state index < -0.39 is 5.60 Å². The molecule has 0 saturated carbocycles. The van der Waals surface area contributed by atoms with Crippen LogP contribution < -0.4 is 5.32 Å². The van der Waals surface area contributed by atoms with Crippen LogP contribution in [0.5, 0.6) is 0 Å². The van der Waals surface area contributed by atoms with Crippen molar-refractivity contribution >= 4 is 0 Å². The fourth-order valence-corrected chi connectivity index (χ4v) is 1.04. The molecule has 0 amide bonds. The molecule has 78 valence electrons. The van der Waals surface area contributed by atoms with E-state index in [0.29, 0.717) is 18.8 Å². The molecule has 2 N–H and O–H groups in total. The lowest BCUT2D eigenvalue weighted by atomic mass is 10.1. The zero-order valence-corrected chi connectivity index (χ0v) is 8.42. The molecule has 1 rings (SSSR count). The van der Waals surface area contributed by atoms with Gasteiger partial charge in [0.05, 0.1) is 11.3 Å². The first-order chi connectivity index (χ1) is 6.49. The third kappa shape index (κ3) is 3.81. The summed E-state index contributed by atoms with van der Waals surface area (Å²) in [6, 6.07) is 2.92. The van der Waals surface area contributed by atoms with Gasteiger partial charge in [-0.2, -0.15) is 0 Å². The number of aliphatic hydroxyl groups is 1. The zero-order valence-electron chi connectivity index (χ0n) is 8.42. The summed E-state index contributed by atoms with van der Waals surface area (Å²) >= 11 is 0. The second kappa shape index (κ2) is 4.48. The summed E-state index contributed by atoms with van der Waals surface area (Å²) in [7, 11) is 0. The monoisotopic (exact) mass is 198 g/mol. The first-order valence-electron chi connectivity index (χ1n) is 4.51. The fourth-order valence-electron chi connectivity index (χ4n) is 1.04. The van der Waals surface area contributed by atoms with Gasteiger partial charge in [-0.3, -0.25) is 4.98 Å². The van der Waals surface area contributed by atoms with Gasteiger partial charge in [-0.25, -0.2) is 4.39 Å². The first kappa shape index (κ1) is 11.1. The molecule has 0 aliphatic carbocycles. The quantitative estimate of drug-likeness (QED) is 0.761. The van der Waals surface area contributed by atoms with E-state index >= 15 is 0 Å². The molecular formula is C10H15FN2O. The fraction of sp³-hybridized carbons (Fsp3) is 0.500. The minimum Gasteiger partial charge on any atom is -0.389 e. The zero-order chi connectivity index (χ0) is 10.6. The standard InChI is InChI=1S/C10H15FN2O/c1-10(2,14)7-12-6-9-8(11)4-3-5-13-9/h3-5,12,14H,6-7H2,1-2H3. The van der Waals surface area contributed by atoms with Crippen molar-refractivity contribution in [1.82, 2.24) is 10.3 Å². The smallest absolute Gasteiger partial charge is 0.146 e. The van der Waals surface area contributed by atoms with Crippen molar-refractivity contribution in [2.45, 2.75) is 26.0 Å². The van der Waals surface area contributed by atoms with Crippen molar-refractivity contribution in [2.24, 2.45) is 0 Å². The van der Waals surface area contributed by atoms with Gasteiger partial charge in [0.1, 0.15) is 5.82 Å². The molecule has 0 bridgehead atoms. The summed E-state index contributed by atoms with van der Waals surface area (Å²) in [4.78, 5) is 3.88. The van der Waals surface area contributed by atoms with Crippen molar-refractivity contribution in [1.29, 1.82) is 0 Å². The molecule has 3 nitrogen and oxygen atoms in total. The van der Waals surface area contributed by atoms with Gasteiger partial charge in [-0.1, -0.05) is 0 Å². The van der Waals surface area contributed by atoms with Crippen LogP contribution in [0.25, 0.3) is 0 Å². The Morgan fingerprint density at radius 2 is 2.29 bits per heavy atom. The molecule has 0 atom stereocenters.